The largest absolute Gasteiger partial charge is 0.488 e. The van der Waals surface area contributed by atoms with Crippen LogP contribution in [0.5, 0.6) is 0 Å². The van der Waals surface area contributed by atoms with Crippen LogP contribution in [0, 0.1) is 50.4 Å². The third kappa shape index (κ3) is 9.46. The summed E-state index contributed by atoms with van der Waals surface area (Å²) in [5.41, 5.74) is 0.826. The highest BCUT2D eigenvalue weighted by Gasteiger charge is 2.19. The molecule has 4 N–H and O–H groups in total. The maximum atomic E-state index is 14.0. The van der Waals surface area contributed by atoms with Crippen LogP contribution in [0.1, 0.15) is 0 Å². The van der Waals surface area contributed by atoms with Crippen LogP contribution in [-0.4, -0.2) is 56.2 Å². The van der Waals surface area contributed by atoms with E-state index < -0.39 is 59.3 Å². The predicted molar refractivity (Wildman–Crippen MR) is 206 cm³/mol. The molecule has 0 fully saturated rings. The van der Waals surface area contributed by atoms with Gasteiger partial charge in [-0.15, -0.1) is 0 Å². The number of hydrogen-bond acceptors (Lipinski definition) is 10. The second kappa shape index (κ2) is 17.5. The number of hydrogen-bond donors (Lipinski definition) is 4. The molecule has 22 heteroatoms. The Bertz CT molecular complexity index is 2710. The molecule has 0 aliphatic heterocycles. The van der Waals surface area contributed by atoms with Crippen molar-refractivity contribution < 1.29 is 45.2 Å². The molecule has 0 saturated heterocycles. The van der Waals surface area contributed by atoms with Gasteiger partial charge >= 0.3 is 7.12 Å². The highest BCUT2D eigenvalue weighted by atomic mass is 127. The summed E-state index contributed by atoms with van der Waals surface area (Å²) in [6, 6.07) is 12.3. The second-order valence-electron chi connectivity index (χ2n) is 12.0. The minimum atomic E-state index is -1.83. The van der Waals surface area contributed by atoms with Gasteiger partial charge in [-0.25, -0.2) is 65.0 Å². The van der Waals surface area contributed by atoms with Crippen molar-refractivity contribution in [1.29, 1.82) is 0 Å². The van der Waals surface area contributed by atoms with Crippen LogP contribution in [0.15, 0.2) is 85.5 Å². The van der Waals surface area contributed by atoms with Crippen molar-refractivity contribution >= 4 is 80.5 Å². The Morgan fingerprint density at radius 1 is 0.569 bits per heavy atom. The number of benzene rings is 4. The Hall–Kier alpha value is -6.27. The molecule has 8 aromatic rings. The molecule has 58 heavy (non-hydrogen) atoms. The van der Waals surface area contributed by atoms with E-state index in [9.17, 15) is 35.1 Å². The van der Waals surface area contributed by atoms with Gasteiger partial charge in [0.15, 0.2) is 43.6 Å². The van der Waals surface area contributed by atoms with E-state index in [0.29, 0.717) is 26.7 Å². The van der Waals surface area contributed by atoms with Crippen LogP contribution < -0.4 is 16.1 Å². The van der Waals surface area contributed by atoms with Crippen LogP contribution in [0.4, 0.5) is 58.1 Å². The fourth-order valence-corrected chi connectivity index (χ4v) is 5.64. The van der Waals surface area contributed by atoms with Crippen molar-refractivity contribution in [2.45, 2.75) is 0 Å². The highest BCUT2D eigenvalue weighted by Crippen LogP contribution is 2.30. The Labute approximate surface area is 335 Å². The summed E-state index contributed by atoms with van der Waals surface area (Å²) in [4.78, 5) is 25.1. The average Bonchev–Trinajstić information content (AvgIpc) is 3.72. The number of anilines is 4. The quantitative estimate of drug-likeness (QED) is 0.0597. The Morgan fingerprint density at radius 2 is 0.983 bits per heavy atom. The first-order valence-corrected chi connectivity index (χ1v) is 17.4. The summed E-state index contributed by atoms with van der Waals surface area (Å²) in [7, 11) is 1.61. The molecule has 0 atom stereocenters. The van der Waals surface area contributed by atoms with Crippen LogP contribution in [0.25, 0.3) is 33.7 Å². The lowest BCUT2D eigenvalue weighted by molar-refractivity contribution is 0.425. The van der Waals surface area contributed by atoms with E-state index in [2.05, 4.69) is 40.5 Å². The summed E-state index contributed by atoms with van der Waals surface area (Å²) in [6.07, 6.45) is 3.01. The molecular weight excluding hydrogens is 894 g/mol. The fraction of sp³-hybridized carbons (Fsp3) is 0.0556. The van der Waals surface area contributed by atoms with Crippen LogP contribution in [-0.2, 0) is 14.1 Å². The van der Waals surface area contributed by atoms with E-state index in [4.69, 9.17) is 10.0 Å². The number of nitrogens with zero attached hydrogens (tertiary/aromatic N) is 8. The summed E-state index contributed by atoms with van der Waals surface area (Å²) in [5.74, 6) is -6.03. The van der Waals surface area contributed by atoms with Crippen molar-refractivity contribution in [3.8, 4) is 11.4 Å². The lowest BCUT2D eigenvalue weighted by Gasteiger charge is -2.10. The molecule has 0 unspecified atom stereocenters. The van der Waals surface area contributed by atoms with Gasteiger partial charge in [-0.2, -0.15) is 0 Å². The Morgan fingerprint density at radius 3 is 1.43 bits per heavy atom. The Balaban J connectivity index is 0.000000160. The van der Waals surface area contributed by atoms with E-state index in [1.54, 1.807) is 29.6 Å². The zero-order valence-corrected chi connectivity index (χ0v) is 31.7. The molecule has 4 aromatic heterocycles. The SMILES string of the molecule is Cn1cnc2c(Nc3c(F)cccc3F)nc(-c3cc(F)cc(F)c3)nc21.Cn1cnc2c(Nc3c(F)cccc3F)nc(I)nc21.OB(O)c1cc(F)cc(F)c1. The second-order valence-corrected chi connectivity index (χ2v) is 12.9. The van der Waals surface area contributed by atoms with Gasteiger partial charge < -0.3 is 29.8 Å². The average molecular weight is 918 g/mol. The zero-order valence-electron chi connectivity index (χ0n) is 29.5. The first kappa shape index (κ1) is 41.4. The molecule has 0 bridgehead atoms. The van der Waals surface area contributed by atoms with Crippen molar-refractivity contribution in [1.82, 2.24) is 39.0 Å². The smallest absolute Gasteiger partial charge is 0.423 e. The minimum Gasteiger partial charge on any atom is -0.423 e. The molecule has 0 aliphatic carbocycles. The lowest BCUT2D eigenvalue weighted by Crippen LogP contribution is -2.30. The first-order valence-electron chi connectivity index (χ1n) is 16.3. The molecule has 0 amide bonds. The van der Waals surface area contributed by atoms with Crippen molar-refractivity contribution in [2.75, 3.05) is 10.6 Å². The van der Waals surface area contributed by atoms with Crippen molar-refractivity contribution in [2.24, 2.45) is 14.1 Å². The molecule has 0 aliphatic rings. The summed E-state index contributed by atoms with van der Waals surface area (Å²) >= 11 is 1.94. The molecule has 0 saturated carbocycles. The maximum absolute atomic E-state index is 14.0. The molecule has 0 radical (unpaired) electrons. The van der Waals surface area contributed by atoms with E-state index in [-0.39, 0.29) is 39.7 Å². The summed E-state index contributed by atoms with van der Waals surface area (Å²) in [5, 5.41) is 22.2. The molecule has 12 nitrogen and oxygen atoms in total. The molecule has 4 aromatic carbocycles. The fourth-order valence-electron chi connectivity index (χ4n) is 5.17. The lowest BCUT2D eigenvalue weighted by atomic mass is 9.80. The van der Waals surface area contributed by atoms with Gasteiger partial charge in [0, 0.05) is 54.4 Å². The highest BCUT2D eigenvalue weighted by molar-refractivity contribution is 14.1. The third-order valence-corrected chi connectivity index (χ3v) is 8.29. The number of aromatic nitrogens is 8. The van der Waals surface area contributed by atoms with Crippen LogP contribution >= 0.6 is 22.6 Å². The van der Waals surface area contributed by atoms with E-state index in [0.717, 1.165) is 42.5 Å². The number of halogens is 9. The normalized spacial score (nSPS) is 10.8. The van der Waals surface area contributed by atoms with E-state index >= 15 is 0 Å². The Kier molecular flexibility index (Phi) is 12.5. The van der Waals surface area contributed by atoms with Crippen LogP contribution in [0.3, 0.4) is 0 Å². The topological polar surface area (TPSA) is 152 Å². The minimum absolute atomic E-state index is 0.00395. The van der Waals surface area contributed by atoms with Gasteiger partial charge in [-0.3, -0.25) is 0 Å². The first-order chi connectivity index (χ1) is 27.6. The molecule has 4 heterocycles. The predicted octanol–water partition coefficient (Wildman–Crippen LogP) is 6.96. The maximum Gasteiger partial charge on any atom is 0.488 e. The van der Waals surface area contributed by atoms with E-state index in [1.165, 1.54) is 30.6 Å². The summed E-state index contributed by atoms with van der Waals surface area (Å²) in [6.45, 7) is 0. The van der Waals surface area contributed by atoms with Gasteiger partial charge in [0.1, 0.15) is 57.9 Å². The zero-order chi connectivity index (χ0) is 41.8. The van der Waals surface area contributed by atoms with Gasteiger partial charge in [0.25, 0.3) is 0 Å². The van der Waals surface area contributed by atoms with Gasteiger partial charge in [-0.1, -0.05) is 12.1 Å². The number of rotatable bonds is 6. The molecule has 8 rings (SSSR count). The van der Waals surface area contributed by atoms with Crippen molar-refractivity contribution in [3.63, 3.8) is 0 Å². The number of fused-ring (bicyclic) bond motifs is 2. The van der Waals surface area contributed by atoms with Gasteiger partial charge in [-0.05, 0) is 54.0 Å². The number of nitrogens with one attached hydrogen (secondary N) is 2. The molecule has 296 valence electrons. The molecule has 0 spiro atoms. The van der Waals surface area contributed by atoms with Gasteiger partial charge in [0.2, 0.25) is 0 Å². The van der Waals surface area contributed by atoms with Crippen molar-refractivity contribution in [3.05, 3.63) is 136 Å². The third-order valence-electron chi connectivity index (χ3n) is 7.81. The van der Waals surface area contributed by atoms with Crippen LogP contribution in [0.2, 0.25) is 0 Å². The molecular formula is C36H24BF8IN10O2. The number of para-hydroxylation sites is 2. The number of aryl methyl sites for hydroxylation is 2. The van der Waals surface area contributed by atoms with Gasteiger partial charge in [0.05, 0.1) is 12.7 Å². The standard InChI is InChI=1S/C18H11F4N5.C12H8F2IN5.C6H5BF2O2/c1-27-8-23-15-17(24-14-12(21)3-2-4-13(14)22)25-16(26-18(15)27)9-5-10(19)7-11(20)6-9;1-20-5-16-9-10(18-12(15)19-11(9)20)17-8-6(13)3-2-4-7(8)14;8-5-1-4(7(10)11)2-6(9)3-5/h2-8H,1H3,(H,24,25,26);2-5H,1H3,(H,17,18,19);1-3,10-11H. The number of imidazole rings is 2. The van der Waals surface area contributed by atoms with E-state index in [1.807, 2.05) is 22.6 Å². The summed E-state index contributed by atoms with van der Waals surface area (Å²) < 4.78 is 111. The monoisotopic (exact) mass is 918 g/mol.